The number of piperazine rings is 1. The SMILES string of the molecule is C[C@@H]1CN(CCOc2ccc(N3C(=S)N(c4ccc(C#N)c(C(F)(F)F)c4)C(=O)C3(C)C)cc2CC(F)F)CCN1CC(=O)Nc1cc(NC2CCC(=O)NC2=O)ccc1F. The largest absolute Gasteiger partial charge is 0.492 e. The molecule has 0 aromatic heterocycles. The average Bonchev–Trinajstić information content (AvgIpc) is 3.36. The Labute approximate surface area is 352 Å². The number of nitrogens with one attached hydrogen (secondary N) is 3. The summed E-state index contributed by atoms with van der Waals surface area (Å²) in [5.41, 5.74) is -2.83. The van der Waals surface area contributed by atoms with Gasteiger partial charge in [0.2, 0.25) is 24.1 Å². The highest BCUT2D eigenvalue weighted by molar-refractivity contribution is 7.81. The van der Waals surface area contributed by atoms with Crippen molar-refractivity contribution in [3.05, 3.63) is 77.1 Å². The van der Waals surface area contributed by atoms with Crippen molar-refractivity contribution < 1.29 is 50.3 Å². The number of carbonyl (C=O) groups excluding carboxylic acids is 4. The third kappa shape index (κ3) is 10.1. The van der Waals surface area contributed by atoms with Crippen LogP contribution in [0.15, 0.2) is 54.6 Å². The van der Waals surface area contributed by atoms with Gasteiger partial charge in [0.25, 0.3) is 5.91 Å². The van der Waals surface area contributed by atoms with Gasteiger partial charge in [0.15, 0.2) is 5.11 Å². The van der Waals surface area contributed by atoms with Gasteiger partial charge >= 0.3 is 6.18 Å². The predicted octanol–water partition coefficient (Wildman–Crippen LogP) is 5.68. The normalized spacial score (nSPS) is 19.9. The number of benzene rings is 3. The monoisotopic (exact) mass is 872 g/mol. The fourth-order valence-corrected chi connectivity index (χ4v) is 8.06. The molecule has 3 aromatic rings. The maximum Gasteiger partial charge on any atom is 0.417 e. The highest BCUT2D eigenvalue weighted by atomic mass is 32.1. The van der Waals surface area contributed by atoms with Gasteiger partial charge in [-0.25, -0.2) is 13.2 Å². The molecule has 3 saturated heterocycles. The van der Waals surface area contributed by atoms with Crippen LogP contribution in [0.25, 0.3) is 0 Å². The Hall–Kier alpha value is -5.78. The number of nitriles is 1. The third-order valence-corrected chi connectivity index (χ3v) is 11.1. The highest BCUT2D eigenvalue weighted by Crippen LogP contribution is 2.41. The van der Waals surface area contributed by atoms with Gasteiger partial charge in [-0.1, -0.05) is 0 Å². The van der Waals surface area contributed by atoms with Crippen LogP contribution in [0.5, 0.6) is 5.75 Å². The van der Waals surface area contributed by atoms with Crippen molar-refractivity contribution in [2.45, 2.75) is 70.3 Å². The molecular weight excluding hydrogens is 831 g/mol. The number of piperidine rings is 1. The number of amides is 4. The standard InChI is InChI=1S/C41H42F6N8O5S/c1-23-21-52(12-13-53(23)22-36(57)50-32-18-26(5-8-30(32)42)49-31-9-11-35(56)51-37(31)58)14-15-60-33-10-7-28(16-25(33)17-34(43)44)55-39(61)54(38(59)40(55,2)3)27-6-4-24(20-48)29(19-27)41(45,46)47/h4-8,10,16,18-19,23,31,34,49H,9,11-15,17,21-22H2,1-3H3,(H,50,57)(H,51,56,58)/t23-,31?/m1/s1. The number of ether oxygens (including phenoxy) is 1. The molecule has 13 nitrogen and oxygen atoms in total. The van der Waals surface area contributed by atoms with Crippen molar-refractivity contribution in [3.63, 3.8) is 0 Å². The van der Waals surface area contributed by atoms with Crippen LogP contribution in [0.1, 0.15) is 50.3 Å². The summed E-state index contributed by atoms with van der Waals surface area (Å²) >= 11 is 5.60. The second kappa shape index (κ2) is 18.1. The number of imide groups is 1. The van der Waals surface area contributed by atoms with E-state index >= 15 is 0 Å². The van der Waals surface area contributed by atoms with Gasteiger partial charge < -0.3 is 20.3 Å². The van der Waals surface area contributed by atoms with Gasteiger partial charge in [-0.15, -0.1) is 0 Å². The summed E-state index contributed by atoms with van der Waals surface area (Å²) in [5.74, 6) is -2.46. The first-order chi connectivity index (χ1) is 28.8. The number of hydrogen-bond acceptors (Lipinski definition) is 10. The van der Waals surface area contributed by atoms with Crippen molar-refractivity contribution in [1.82, 2.24) is 15.1 Å². The van der Waals surface area contributed by atoms with E-state index in [1.165, 1.54) is 61.2 Å². The van der Waals surface area contributed by atoms with E-state index < -0.39 is 65.3 Å². The summed E-state index contributed by atoms with van der Waals surface area (Å²) in [7, 11) is 0. The summed E-state index contributed by atoms with van der Waals surface area (Å²) < 4.78 is 89.7. The quantitative estimate of drug-likeness (QED) is 0.111. The zero-order valence-corrected chi connectivity index (χ0v) is 34.1. The van der Waals surface area contributed by atoms with E-state index in [0.717, 1.165) is 17.0 Å². The molecule has 0 aliphatic carbocycles. The maximum absolute atomic E-state index is 14.7. The van der Waals surface area contributed by atoms with E-state index in [0.29, 0.717) is 37.9 Å². The zero-order chi connectivity index (χ0) is 44.4. The Balaban J connectivity index is 1.05. The van der Waals surface area contributed by atoms with Crippen molar-refractivity contribution in [2.24, 2.45) is 0 Å². The van der Waals surface area contributed by atoms with Gasteiger partial charge in [0.05, 0.1) is 35.1 Å². The lowest BCUT2D eigenvalue weighted by Crippen LogP contribution is -2.54. The first-order valence-corrected chi connectivity index (χ1v) is 19.7. The molecule has 0 radical (unpaired) electrons. The molecule has 324 valence electrons. The second-order valence-corrected chi connectivity index (χ2v) is 15.8. The molecule has 1 unspecified atom stereocenters. The van der Waals surface area contributed by atoms with E-state index in [4.69, 9.17) is 17.0 Å². The molecule has 3 aliphatic heterocycles. The van der Waals surface area contributed by atoms with Gasteiger partial charge in [-0.3, -0.25) is 39.2 Å². The number of carbonyl (C=O) groups is 4. The molecule has 3 heterocycles. The van der Waals surface area contributed by atoms with Crippen LogP contribution in [-0.4, -0.2) is 102 Å². The van der Waals surface area contributed by atoms with Crippen molar-refractivity contribution in [2.75, 3.05) is 59.8 Å². The van der Waals surface area contributed by atoms with E-state index in [1.807, 2.05) is 11.8 Å². The first-order valence-electron chi connectivity index (χ1n) is 19.3. The van der Waals surface area contributed by atoms with Gasteiger partial charge in [0.1, 0.15) is 29.8 Å². The Morgan fingerprint density at radius 3 is 2.48 bits per heavy atom. The first kappa shape index (κ1) is 44.8. The molecule has 20 heteroatoms. The molecule has 2 atom stereocenters. The average molecular weight is 873 g/mol. The maximum atomic E-state index is 14.7. The number of nitrogens with zero attached hydrogens (tertiary/aromatic N) is 5. The van der Waals surface area contributed by atoms with Gasteiger partial charge in [-0.05, 0) is 94.0 Å². The van der Waals surface area contributed by atoms with Crippen LogP contribution in [0, 0.1) is 17.1 Å². The van der Waals surface area contributed by atoms with E-state index in [1.54, 1.807) is 0 Å². The van der Waals surface area contributed by atoms with Gasteiger partial charge in [0, 0.05) is 62.0 Å². The van der Waals surface area contributed by atoms with Crippen molar-refractivity contribution in [1.29, 1.82) is 5.26 Å². The minimum Gasteiger partial charge on any atom is -0.492 e. The fourth-order valence-electron chi connectivity index (χ4n) is 7.54. The summed E-state index contributed by atoms with van der Waals surface area (Å²) in [6.45, 7) is 7.00. The number of anilines is 4. The van der Waals surface area contributed by atoms with E-state index in [-0.39, 0.29) is 71.4 Å². The molecule has 3 N–H and O–H groups in total. The Bertz CT molecular complexity index is 2270. The number of alkyl halides is 5. The smallest absolute Gasteiger partial charge is 0.417 e. The lowest BCUT2D eigenvalue weighted by molar-refractivity contribution is -0.138. The Kier molecular flexibility index (Phi) is 13.3. The minimum atomic E-state index is -4.88. The van der Waals surface area contributed by atoms with Crippen LogP contribution < -0.4 is 30.5 Å². The molecule has 3 aliphatic rings. The Morgan fingerprint density at radius 1 is 1.07 bits per heavy atom. The Morgan fingerprint density at radius 2 is 1.80 bits per heavy atom. The lowest BCUT2D eigenvalue weighted by atomic mass is 10.0. The van der Waals surface area contributed by atoms with Gasteiger partial charge in [-0.2, -0.15) is 18.4 Å². The molecular formula is C41H42F6N8O5S. The molecule has 4 amide bonds. The molecule has 0 spiro atoms. The van der Waals surface area contributed by atoms with Crippen LogP contribution >= 0.6 is 12.2 Å². The van der Waals surface area contributed by atoms with E-state index in [9.17, 15) is 50.8 Å². The van der Waals surface area contributed by atoms with Crippen molar-refractivity contribution >= 4 is 63.7 Å². The molecule has 61 heavy (non-hydrogen) atoms. The molecule has 0 bridgehead atoms. The minimum absolute atomic E-state index is 0.0260. The van der Waals surface area contributed by atoms with Crippen LogP contribution in [0.2, 0.25) is 0 Å². The number of hydrogen-bond donors (Lipinski definition) is 3. The summed E-state index contributed by atoms with van der Waals surface area (Å²) in [5, 5.41) is 16.8. The molecule has 3 fully saturated rings. The topological polar surface area (TPSA) is 150 Å². The number of thiocarbonyl (C=S) groups is 1. The van der Waals surface area contributed by atoms with Crippen LogP contribution in [0.3, 0.4) is 0 Å². The predicted molar refractivity (Wildman–Crippen MR) is 217 cm³/mol. The van der Waals surface area contributed by atoms with E-state index in [2.05, 4.69) is 20.9 Å². The summed E-state index contributed by atoms with van der Waals surface area (Å²) in [6.07, 6.45) is -7.91. The van der Waals surface area contributed by atoms with Crippen LogP contribution in [-0.2, 0) is 31.8 Å². The summed E-state index contributed by atoms with van der Waals surface area (Å²) in [6, 6.07) is 11.9. The lowest BCUT2D eigenvalue weighted by Gasteiger charge is -2.39. The molecule has 0 saturated carbocycles. The zero-order valence-electron chi connectivity index (χ0n) is 33.2. The fraction of sp³-hybridized carbons (Fsp3) is 0.415. The second-order valence-electron chi connectivity index (χ2n) is 15.4. The number of rotatable bonds is 13. The number of halogens is 6. The van der Waals surface area contributed by atoms with Crippen molar-refractivity contribution in [3.8, 4) is 11.8 Å². The van der Waals surface area contributed by atoms with Crippen LogP contribution in [0.4, 0.5) is 49.1 Å². The highest BCUT2D eigenvalue weighted by Gasteiger charge is 2.51. The summed E-state index contributed by atoms with van der Waals surface area (Å²) in [4.78, 5) is 56.6. The third-order valence-electron chi connectivity index (χ3n) is 10.7. The molecule has 6 rings (SSSR count). The molecule has 3 aromatic carbocycles.